The summed E-state index contributed by atoms with van der Waals surface area (Å²) >= 11 is 0. The van der Waals surface area contributed by atoms with Crippen LogP contribution < -0.4 is 0 Å². The van der Waals surface area contributed by atoms with Crippen molar-refractivity contribution in [3.8, 4) is 0 Å². The molecule has 54 heavy (non-hydrogen) atoms. The Balaban J connectivity index is -0.000000120. The second-order valence-electron chi connectivity index (χ2n) is 16.4. The molecule has 0 aliphatic carbocycles. The fourth-order valence-electron chi connectivity index (χ4n) is 6.73. The third-order valence-electron chi connectivity index (χ3n) is 8.60. The first-order valence-corrected chi connectivity index (χ1v) is 37.2. The van der Waals surface area contributed by atoms with Crippen LogP contribution in [0.5, 0.6) is 0 Å². The van der Waals surface area contributed by atoms with Crippen molar-refractivity contribution in [2.24, 2.45) is 0 Å². The molecule has 2 atom stereocenters. The zero-order valence-electron chi connectivity index (χ0n) is 35.6. The van der Waals surface area contributed by atoms with E-state index in [1.807, 2.05) is 0 Å². The van der Waals surface area contributed by atoms with Crippen LogP contribution in [-0.2, 0) is 25.3 Å². The lowest BCUT2D eigenvalue weighted by molar-refractivity contribution is 0.233. The van der Waals surface area contributed by atoms with E-state index in [1.54, 1.807) is 0 Å². The van der Waals surface area contributed by atoms with Crippen molar-refractivity contribution >= 4 is 50.9 Å². The number of hydrogen-bond donors (Lipinski definition) is 0. The van der Waals surface area contributed by atoms with Gasteiger partial charge in [-0.25, -0.2) is 0 Å². The maximum absolute atomic E-state index is 6.73. The van der Waals surface area contributed by atoms with Crippen molar-refractivity contribution in [2.75, 3.05) is 13.2 Å². The molecule has 0 spiro atoms. The van der Waals surface area contributed by atoms with Gasteiger partial charge in [0.2, 0.25) is 0 Å². The minimum atomic E-state index is -2.16. The van der Waals surface area contributed by atoms with Crippen LogP contribution in [-0.4, -0.2) is 64.1 Å². The Labute approximate surface area is 353 Å². The van der Waals surface area contributed by atoms with Gasteiger partial charge in [0, 0.05) is 13.2 Å². The third-order valence-corrected chi connectivity index (χ3v) is 31.8. The quantitative estimate of drug-likeness (QED) is 0.0529. The van der Waals surface area contributed by atoms with Crippen LogP contribution in [0.25, 0.3) is 0 Å². The Morgan fingerprint density at radius 1 is 0.296 bits per heavy atom. The first-order chi connectivity index (χ1) is 22.2. The van der Waals surface area contributed by atoms with Gasteiger partial charge in [0.15, 0.2) is 16.6 Å². The van der Waals surface area contributed by atoms with E-state index in [0.29, 0.717) is 0 Å². The van der Waals surface area contributed by atoms with Gasteiger partial charge in [-0.3, -0.25) is 0 Å². The molecule has 340 valence electrons. The maximum Gasteiger partial charge on any atom is 0.326 e. The Morgan fingerprint density at radius 2 is 0.556 bits per heavy atom. The summed E-state index contributed by atoms with van der Waals surface area (Å²) < 4.78 is 38.8. The average molecular weight is 882 g/mol. The molecule has 0 saturated carbocycles. The first-order valence-electron chi connectivity index (χ1n) is 20.3. The molecule has 0 N–H and O–H groups in total. The first kappa shape index (κ1) is 72.7. The van der Waals surface area contributed by atoms with Gasteiger partial charge in [0.25, 0.3) is 0 Å². The molecule has 0 heterocycles. The van der Waals surface area contributed by atoms with Crippen LogP contribution in [0.1, 0.15) is 176 Å². The van der Waals surface area contributed by atoms with E-state index in [2.05, 4.69) is 107 Å². The molecule has 0 rings (SSSR count). The highest BCUT2D eigenvalue weighted by Crippen LogP contribution is 2.29. The smallest absolute Gasteiger partial charge is 0.326 e. The highest BCUT2D eigenvalue weighted by atomic mass is 28.5. The fourth-order valence-corrected chi connectivity index (χ4v) is 34.6. The summed E-state index contributed by atoms with van der Waals surface area (Å²) in [6, 6.07) is 4.66. The summed E-state index contributed by atoms with van der Waals surface area (Å²) in [7, 11) is -11.8. The van der Waals surface area contributed by atoms with Crippen molar-refractivity contribution in [1.82, 2.24) is 0 Å². The molecular formula is C42H112O6Si6. The lowest BCUT2D eigenvalue weighted by Gasteiger charge is -2.39. The molecule has 0 radical (unpaired) electrons. The zero-order valence-corrected chi connectivity index (χ0v) is 41.6. The molecule has 0 fully saturated rings. The van der Waals surface area contributed by atoms with Gasteiger partial charge in [-0.15, -0.1) is 0 Å². The topological polar surface area (TPSA) is 55.4 Å². The highest BCUT2D eigenvalue weighted by Gasteiger charge is 2.44. The zero-order chi connectivity index (χ0) is 37.4. The molecule has 2 unspecified atom stereocenters. The van der Waals surface area contributed by atoms with Gasteiger partial charge in [0.1, 0.15) is 0 Å². The average Bonchev–Trinajstić information content (AvgIpc) is 2.93. The summed E-state index contributed by atoms with van der Waals surface area (Å²) in [4.78, 5) is 0. The molecule has 6 nitrogen and oxygen atoms in total. The molecule has 0 saturated heterocycles. The molecule has 0 bridgehead atoms. The van der Waals surface area contributed by atoms with Crippen molar-refractivity contribution in [2.45, 2.75) is 266 Å². The summed E-state index contributed by atoms with van der Waals surface area (Å²) in [5.41, 5.74) is 0. The Hall–Kier alpha value is 1.06. The lowest BCUT2D eigenvalue weighted by atomic mass is 10.2. The Bertz CT molecular complexity index is 776. The molecule has 0 amide bonds. The van der Waals surface area contributed by atoms with Crippen molar-refractivity contribution in [3.63, 3.8) is 0 Å². The van der Waals surface area contributed by atoms with Crippen LogP contribution >= 0.6 is 0 Å². The van der Waals surface area contributed by atoms with Crippen LogP contribution in [0.3, 0.4) is 0 Å². The van der Waals surface area contributed by atoms with Crippen molar-refractivity contribution in [1.29, 1.82) is 0 Å². The van der Waals surface area contributed by atoms with Gasteiger partial charge < -0.3 is 25.3 Å². The highest BCUT2D eigenvalue weighted by molar-refractivity contribution is 6.87. The predicted molar refractivity (Wildman–Crippen MR) is 268 cm³/mol. The Kier molecular flexibility index (Phi) is 51.5. The molecule has 12 heteroatoms. The standard InChI is InChI=1S/C21H50O3Si3.C15H38O3Si3.6CH4/c1-9-12-14-16-18-20-25(4,5)23-26(6,7)24-27(8,22-11-3)21-19-17-15-13-10-2;1-9-12-14-19(4,5)17-20(6,7)18-21(8,16-11-3)15-13-10-2;;;;;;/h9-21H2,1-8H3;9-15H2,1-8H3;6*1H4. The van der Waals surface area contributed by atoms with E-state index in [1.165, 1.54) is 102 Å². The normalized spacial score (nSPS) is 13.8. The Morgan fingerprint density at radius 3 is 0.870 bits per heavy atom. The van der Waals surface area contributed by atoms with E-state index in [9.17, 15) is 0 Å². The largest absolute Gasteiger partial charge is 0.436 e. The second-order valence-corrected chi connectivity index (χ2v) is 39.4. The summed E-state index contributed by atoms with van der Waals surface area (Å²) in [6.45, 7) is 37.4. The van der Waals surface area contributed by atoms with E-state index >= 15 is 0 Å². The lowest BCUT2D eigenvalue weighted by Crippen LogP contribution is -2.54. The van der Waals surface area contributed by atoms with Crippen LogP contribution in [0.2, 0.25) is 89.6 Å². The molecule has 0 aliphatic rings. The van der Waals surface area contributed by atoms with Crippen LogP contribution in [0.15, 0.2) is 0 Å². The fraction of sp³-hybridized carbons (Fsp3) is 1.00. The third kappa shape index (κ3) is 41.2. The van der Waals surface area contributed by atoms with Gasteiger partial charge in [-0.1, -0.05) is 162 Å². The van der Waals surface area contributed by atoms with Gasteiger partial charge in [-0.05, 0) is 103 Å². The summed E-state index contributed by atoms with van der Waals surface area (Å²) in [5, 5.41) is 0. The molecule has 0 aromatic carbocycles. The van der Waals surface area contributed by atoms with Crippen LogP contribution in [0, 0.1) is 0 Å². The number of hydrogen-bond acceptors (Lipinski definition) is 6. The monoisotopic (exact) mass is 881 g/mol. The van der Waals surface area contributed by atoms with Gasteiger partial charge in [0.05, 0.1) is 0 Å². The summed E-state index contributed by atoms with van der Waals surface area (Å²) in [6.07, 6.45) is 18.1. The molecule has 0 aromatic rings. The maximum atomic E-state index is 6.73. The second kappa shape index (κ2) is 38.3. The summed E-state index contributed by atoms with van der Waals surface area (Å²) in [5.74, 6) is 0. The van der Waals surface area contributed by atoms with E-state index in [0.717, 1.165) is 25.3 Å². The molecule has 0 aliphatic heterocycles. The van der Waals surface area contributed by atoms with Crippen molar-refractivity contribution in [3.05, 3.63) is 0 Å². The molecule has 0 aromatic heterocycles. The predicted octanol–water partition coefficient (Wildman–Crippen LogP) is 17.4. The minimum Gasteiger partial charge on any atom is -0.436 e. The molecular weight excluding hydrogens is 769 g/mol. The van der Waals surface area contributed by atoms with E-state index < -0.39 is 50.9 Å². The van der Waals surface area contributed by atoms with Gasteiger partial charge >= 0.3 is 34.2 Å². The number of unbranched alkanes of at least 4 members (excludes halogenated alkanes) is 10. The SMILES string of the molecule is C.C.C.C.C.C.CCCCCCC[Si](C)(C)O[Si](C)(C)O[Si](C)(CCCCCCC)OCC.CCCC[Si](C)(C)O[Si](C)(C)O[Si](C)(CCCC)OCC. The van der Waals surface area contributed by atoms with Crippen LogP contribution in [0.4, 0.5) is 0 Å². The number of rotatable bonds is 30. The van der Waals surface area contributed by atoms with E-state index in [-0.39, 0.29) is 44.6 Å². The van der Waals surface area contributed by atoms with Gasteiger partial charge in [-0.2, -0.15) is 0 Å². The van der Waals surface area contributed by atoms with Crippen molar-refractivity contribution < 1.29 is 25.3 Å². The van der Waals surface area contributed by atoms with E-state index in [4.69, 9.17) is 25.3 Å². The minimum absolute atomic E-state index is 0.